The SMILES string of the molecule is Cc1cncc(C(=O)NCCOCCN)c1. The first-order valence-electron chi connectivity index (χ1n) is 5.21. The number of hydrogen-bond acceptors (Lipinski definition) is 4. The Labute approximate surface area is 95.0 Å². The van der Waals surface area contributed by atoms with Gasteiger partial charge in [0, 0.05) is 25.5 Å². The predicted molar refractivity (Wildman–Crippen MR) is 61.2 cm³/mol. The van der Waals surface area contributed by atoms with Crippen molar-refractivity contribution >= 4 is 5.91 Å². The first-order chi connectivity index (χ1) is 7.74. The van der Waals surface area contributed by atoms with Gasteiger partial charge in [-0.05, 0) is 18.6 Å². The largest absolute Gasteiger partial charge is 0.378 e. The Morgan fingerprint density at radius 2 is 2.31 bits per heavy atom. The number of ether oxygens (including phenoxy) is 1. The monoisotopic (exact) mass is 223 g/mol. The standard InChI is InChI=1S/C11H17N3O2/c1-9-6-10(8-13-7-9)11(15)14-3-5-16-4-2-12/h6-8H,2-5,12H2,1H3,(H,14,15). The van der Waals surface area contributed by atoms with E-state index in [0.29, 0.717) is 31.9 Å². The molecule has 0 fully saturated rings. The molecule has 1 amide bonds. The first kappa shape index (κ1) is 12.6. The van der Waals surface area contributed by atoms with Gasteiger partial charge in [0.05, 0.1) is 18.8 Å². The predicted octanol–water partition coefficient (Wildman–Crippen LogP) is 0.0951. The number of rotatable bonds is 6. The van der Waals surface area contributed by atoms with Crippen molar-refractivity contribution in [1.82, 2.24) is 10.3 Å². The quantitative estimate of drug-likeness (QED) is 0.670. The number of aryl methyl sites for hydroxylation is 1. The molecular formula is C11H17N3O2. The second-order valence-electron chi connectivity index (χ2n) is 3.41. The molecule has 1 aromatic rings. The van der Waals surface area contributed by atoms with Crippen molar-refractivity contribution in [2.45, 2.75) is 6.92 Å². The van der Waals surface area contributed by atoms with Crippen LogP contribution in [0.4, 0.5) is 0 Å². The van der Waals surface area contributed by atoms with Crippen molar-refractivity contribution < 1.29 is 9.53 Å². The van der Waals surface area contributed by atoms with E-state index in [1.165, 1.54) is 0 Å². The Hall–Kier alpha value is -1.46. The van der Waals surface area contributed by atoms with Gasteiger partial charge < -0.3 is 15.8 Å². The van der Waals surface area contributed by atoms with E-state index >= 15 is 0 Å². The van der Waals surface area contributed by atoms with Crippen LogP contribution in [0.25, 0.3) is 0 Å². The average Bonchev–Trinajstić information content (AvgIpc) is 2.28. The van der Waals surface area contributed by atoms with Gasteiger partial charge >= 0.3 is 0 Å². The summed E-state index contributed by atoms with van der Waals surface area (Å²) in [6, 6.07) is 1.79. The Balaban J connectivity index is 2.30. The highest BCUT2D eigenvalue weighted by molar-refractivity contribution is 5.93. The Bertz CT molecular complexity index is 342. The fourth-order valence-corrected chi connectivity index (χ4v) is 1.20. The van der Waals surface area contributed by atoms with Gasteiger partial charge in [-0.1, -0.05) is 0 Å². The molecule has 0 aliphatic rings. The third-order valence-electron chi connectivity index (χ3n) is 1.93. The fraction of sp³-hybridized carbons (Fsp3) is 0.455. The van der Waals surface area contributed by atoms with Crippen LogP contribution in [0, 0.1) is 6.92 Å². The third kappa shape index (κ3) is 4.37. The highest BCUT2D eigenvalue weighted by atomic mass is 16.5. The summed E-state index contributed by atoms with van der Waals surface area (Å²) >= 11 is 0. The molecule has 16 heavy (non-hydrogen) atoms. The van der Waals surface area contributed by atoms with Crippen LogP contribution in [0.2, 0.25) is 0 Å². The van der Waals surface area contributed by atoms with Crippen molar-refractivity contribution in [2.24, 2.45) is 5.73 Å². The van der Waals surface area contributed by atoms with E-state index in [9.17, 15) is 4.79 Å². The third-order valence-corrected chi connectivity index (χ3v) is 1.93. The lowest BCUT2D eigenvalue weighted by Gasteiger charge is -2.05. The normalized spacial score (nSPS) is 10.1. The first-order valence-corrected chi connectivity index (χ1v) is 5.21. The smallest absolute Gasteiger partial charge is 0.252 e. The minimum Gasteiger partial charge on any atom is -0.378 e. The summed E-state index contributed by atoms with van der Waals surface area (Å²) in [4.78, 5) is 15.6. The summed E-state index contributed by atoms with van der Waals surface area (Å²) in [7, 11) is 0. The lowest BCUT2D eigenvalue weighted by atomic mass is 10.2. The van der Waals surface area contributed by atoms with E-state index in [1.54, 1.807) is 18.5 Å². The molecule has 0 spiro atoms. The average molecular weight is 223 g/mol. The maximum atomic E-state index is 11.6. The zero-order valence-electron chi connectivity index (χ0n) is 9.40. The Kier molecular flexibility index (Phi) is 5.45. The maximum Gasteiger partial charge on any atom is 0.252 e. The van der Waals surface area contributed by atoms with Crippen LogP contribution < -0.4 is 11.1 Å². The molecule has 0 atom stereocenters. The molecule has 88 valence electrons. The topological polar surface area (TPSA) is 77.2 Å². The van der Waals surface area contributed by atoms with E-state index in [0.717, 1.165) is 5.56 Å². The van der Waals surface area contributed by atoms with E-state index < -0.39 is 0 Å². The van der Waals surface area contributed by atoms with Gasteiger partial charge in [-0.25, -0.2) is 0 Å². The molecule has 1 rings (SSSR count). The van der Waals surface area contributed by atoms with Crippen LogP contribution in [0.3, 0.4) is 0 Å². The van der Waals surface area contributed by atoms with Gasteiger partial charge in [0.15, 0.2) is 0 Å². The zero-order valence-corrected chi connectivity index (χ0v) is 9.40. The molecule has 3 N–H and O–H groups in total. The van der Waals surface area contributed by atoms with Gasteiger partial charge in [-0.15, -0.1) is 0 Å². The van der Waals surface area contributed by atoms with Crippen LogP contribution in [-0.4, -0.2) is 37.2 Å². The Morgan fingerprint density at radius 1 is 1.50 bits per heavy atom. The zero-order chi connectivity index (χ0) is 11.8. The molecule has 0 aromatic carbocycles. The molecule has 5 nitrogen and oxygen atoms in total. The molecule has 1 aromatic heterocycles. The van der Waals surface area contributed by atoms with E-state index in [2.05, 4.69) is 10.3 Å². The number of nitrogens with two attached hydrogens (primary N) is 1. The minimum absolute atomic E-state index is 0.132. The van der Waals surface area contributed by atoms with Gasteiger partial charge in [-0.2, -0.15) is 0 Å². The van der Waals surface area contributed by atoms with Crippen LogP contribution in [0.5, 0.6) is 0 Å². The molecule has 0 aliphatic heterocycles. The van der Waals surface area contributed by atoms with Crippen molar-refractivity contribution in [2.75, 3.05) is 26.3 Å². The maximum absolute atomic E-state index is 11.6. The molecule has 5 heteroatoms. The van der Waals surface area contributed by atoms with Crippen LogP contribution in [0.15, 0.2) is 18.5 Å². The van der Waals surface area contributed by atoms with Crippen molar-refractivity contribution in [3.8, 4) is 0 Å². The number of carbonyl (C=O) groups excluding carboxylic acids is 1. The molecule has 0 radical (unpaired) electrons. The Morgan fingerprint density at radius 3 is 3.00 bits per heavy atom. The number of amides is 1. The highest BCUT2D eigenvalue weighted by Crippen LogP contribution is 2.00. The van der Waals surface area contributed by atoms with Gasteiger partial charge in [0.2, 0.25) is 0 Å². The summed E-state index contributed by atoms with van der Waals surface area (Å²) in [5.74, 6) is -0.132. The lowest BCUT2D eigenvalue weighted by molar-refractivity contribution is 0.0919. The second kappa shape index (κ2) is 6.92. The van der Waals surface area contributed by atoms with Crippen molar-refractivity contribution in [3.63, 3.8) is 0 Å². The molecule has 0 saturated carbocycles. The number of nitrogens with one attached hydrogen (secondary N) is 1. The summed E-state index contributed by atoms with van der Waals surface area (Å²) in [5, 5.41) is 2.74. The molecule has 0 saturated heterocycles. The van der Waals surface area contributed by atoms with Gasteiger partial charge in [-0.3, -0.25) is 9.78 Å². The van der Waals surface area contributed by atoms with E-state index in [1.807, 2.05) is 6.92 Å². The fourth-order valence-electron chi connectivity index (χ4n) is 1.20. The minimum atomic E-state index is -0.132. The molecule has 0 aliphatic carbocycles. The summed E-state index contributed by atoms with van der Waals surface area (Å²) < 4.78 is 5.14. The summed E-state index contributed by atoms with van der Waals surface area (Å²) in [6.45, 7) is 3.86. The molecule has 1 heterocycles. The number of aromatic nitrogens is 1. The van der Waals surface area contributed by atoms with Crippen LogP contribution in [0.1, 0.15) is 15.9 Å². The molecule has 0 unspecified atom stereocenters. The molecule has 0 bridgehead atoms. The van der Waals surface area contributed by atoms with Gasteiger partial charge in [0.25, 0.3) is 5.91 Å². The van der Waals surface area contributed by atoms with Crippen molar-refractivity contribution in [1.29, 1.82) is 0 Å². The van der Waals surface area contributed by atoms with Crippen molar-refractivity contribution in [3.05, 3.63) is 29.6 Å². The number of nitrogens with zero attached hydrogens (tertiary/aromatic N) is 1. The summed E-state index contributed by atoms with van der Waals surface area (Å²) in [6.07, 6.45) is 3.25. The highest BCUT2D eigenvalue weighted by Gasteiger charge is 2.04. The van der Waals surface area contributed by atoms with E-state index in [4.69, 9.17) is 10.5 Å². The van der Waals surface area contributed by atoms with E-state index in [-0.39, 0.29) is 5.91 Å². The lowest BCUT2D eigenvalue weighted by Crippen LogP contribution is -2.28. The number of hydrogen-bond donors (Lipinski definition) is 2. The molecular weight excluding hydrogens is 206 g/mol. The van der Waals surface area contributed by atoms with Crippen LogP contribution in [-0.2, 0) is 4.74 Å². The van der Waals surface area contributed by atoms with Crippen LogP contribution >= 0.6 is 0 Å². The van der Waals surface area contributed by atoms with Gasteiger partial charge in [0.1, 0.15) is 0 Å². The summed E-state index contributed by atoms with van der Waals surface area (Å²) in [5.41, 5.74) is 6.79. The number of pyridine rings is 1. The number of carbonyl (C=O) groups is 1. The second-order valence-corrected chi connectivity index (χ2v) is 3.41.